The third kappa shape index (κ3) is 5.28. The van der Waals surface area contributed by atoms with Crippen molar-refractivity contribution in [3.8, 4) is 0 Å². The highest BCUT2D eigenvalue weighted by Gasteiger charge is 2.15. The number of benzene rings is 1. The predicted molar refractivity (Wildman–Crippen MR) is 68.7 cm³/mol. The Morgan fingerprint density at radius 3 is 2.53 bits per heavy atom. The van der Waals surface area contributed by atoms with Crippen LogP contribution in [0.2, 0.25) is 0 Å². The Labute approximate surface area is 102 Å². The number of nitrogens with two attached hydrogens (primary N) is 1. The van der Waals surface area contributed by atoms with Gasteiger partial charge in [-0.05, 0) is 18.9 Å². The Balaban J connectivity index is 2.34. The monoisotopic (exact) mass is 238 g/mol. The van der Waals surface area contributed by atoms with Crippen LogP contribution in [0.25, 0.3) is 0 Å². The lowest BCUT2D eigenvalue weighted by Gasteiger charge is -2.21. The van der Waals surface area contributed by atoms with E-state index < -0.39 is 6.10 Å². The van der Waals surface area contributed by atoms with Gasteiger partial charge in [0.2, 0.25) is 0 Å². The Bertz CT molecular complexity index is 306. The molecule has 1 aromatic rings. The first kappa shape index (κ1) is 14.1. The quantitative estimate of drug-likeness (QED) is 0.534. The van der Waals surface area contributed by atoms with Gasteiger partial charge in [-0.25, -0.2) is 0 Å². The molecule has 0 aliphatic rings. The molecule has 0 amide bonds. The van der Waals surface area contributed by atoms with Crippen molar-refractivity contribution < 1.29 is 10.2 Å². The number of rotatable bonds is 7. The van der Waals surface area contributed by atoms with Gasteiger partial charge in [0.25, 0.3) is 0 Å². The van der Waals surface area contributed by atoms with Crippen LogP contribution in [0.15, 0.2) is 30.3 Å². The molecule has 0 heterocycles. The van der Waals surface area contributed by atoms with Gasteiger partial charge in [0.1, 0.15) is 0 Å². The molecule has 0 saturated heterocycles. The van der Waals surface area contributed by atoms with E-state index in [4.69, 9.17) is 10.8 Å². The first-order valence-corrected chi connectivity index (χ1v) is 5.95. The van der Waals surface area contributed by atoms with E-state index in [1.165, 1.54) is 0 Å². The van der Waals surface area contributed by atoms with Crippen LogP contribution in [-0.2, 0) is 6.42 Å². The van der Waals surface area contributed by atoms with Crippen LogP contribution >= 0.6 is 0 Å². The van der Waals surface area contributed by atoms with E-state index in [1.807, 2.05) is 37.3 Å². The number of aliphatic hydroxyl groups excluding tert-OH is 2. The van der Waals surface area contributed by atoms with Crippen molar-refractivity contribution in [1.29, 1.82) is 0 Å². The standard InChI is InChI=1S/C13H22N2O2/c1-10(9-16)15-8-13(17)12(14)7-11-5-3-2-4-6-11/h2-6,10,12-13,15-17H,7-9,14H2,1H3/t10-,12+,13-/m1/s1. The molecule has 0 unspecified atom stereocenters. The van der Waals surface area contributed by atoms with Gasteiger partial charge in [-0.3, -0.25) is 0 Å². The van der Waals surface area contributed by atoms with Gasteiger partial charge in [0.15, 0.2) is 0 Å². The van der Waals surface area contributed by atoms with Crippen molar-refractivity contribution in [2.24, 2.45) is 5.73 Å². The van der Waals surface area contributed by atoms with Crippen LogP contribution < -0.4 is 11.1 Å². The van der Waals surface area contributed by atoms with Crippen molar-refractivity contribution in [1.82, 2.24) is 5.32 Å². The summed E-state index contributed by atoms with van der Waals surface area (Å²) in [6.45, 7) is 2.31. The molecule has 3 atom stereocenters. The van der Waals surface area contributed by atoms with E-state index in [0.717, 1.165) is 5.56 Å². The average Bonchev–Trinajstić information content (AvgIpc) is 2.36. The normalized spacial score (nSPS) is 16.5. The van der Waals surface area contributed by atoms with Crippen molar-refractivity contribution in [2.45, 2.75) is 31.5 Å². The molecule has 4 heteroatoms. The predicted octanol–water partition coefficient (Wildman–Crippen LogP) is -0.112. The van der Waals surface area contributed by atoms with Crippen LogP contribution in [0.5, 0.6) is 0 Å². The number of aliphatic hydroxyl groups is 2. The van der Waals surface area contributed by atoms with Crippen LogP contribution in [0.1, 0.15) is 12.5 Å². The molecule has 1 rings (SSSR count). The van der Waals surface area contributed by atoms with Crippen molar-refractivity contribution in [2.75, 3.05) is 13.2 Å². The second kappa shape index (κ2) is 7.40. The highest BCUT2D eigenvalue weighted by molar-refractivity contribution is 5.16. The zero-order chi connectivity index (χ0) is 12.7. The van der Waals surface area contributed by atoms with Crippen LogP contribution in [-0.4, -0.2) is 41.6 Å². The van der Waals surface area contributed by atoms with E-state index in [9.17, 15) is 5.11 Å². The molecular formula is C13H22N2O2. The third-order valence-electron chi connectivity index (χ3n) is 2.76. The average molecular weight is 238 g/mol. The summed E-state index contributed by atoms with van der Waals surface area (Å²) in [5, 5.41) is 21.7. The summed E-state index contributed by atoms with van der Waals surface area (Å²) in [7, 11) is 0. The molecule has 0 fully saturated rings. The van der Waals surface area contributed by atoms with Crippen molar-refractivity contribution >= 4 is 0 Å². The van der Waals surface area contributed by atoms with Crippen molar-refractivity contribution in [3.05, 3.63) is 35.9 Å². The Morgan fingerprint density at radius 2 is 1.94 bits per heavy atom. The molecule has 5 N–H and O–H groups in total. The summed E-state index contributed by atoms with van der Waals surface area (Å²) < 4.78 is 0. The van der Waals surface area contributed by atoms with E-state index >= 15 is 0 Å². The van der Waals surface area contributed by atoms with Gasteiger partial charge in [0, 0.05) is 18.6 Å². The maximum Gasteiger partial charge on any atom is 0.0818 e. The van der Waals surface area contributed by atoms with Gasteiger partial charge in [-0.1, -0.05) is 30.3 Å². The fourth-order valence-corrected chi connectivity index (χ4v) is 1.56. The number of nitrogens with one attached hydrogen (secondary N) is 1. The fraction of sp³-hybridized carbons (Fsp3) is 0.538. The summed E-state index contributed by atoms with van der Waals surface area (Å²) in [5.41, 5.74) is 7.04. The van der Waals surface area contributed by atoms with Crippen LogP contribution in [0.3, 0.4) is 0 Å². The summed E-state index contributed by atoms with van der Waals surface area (Å²) >= 11 is 0. The highest BCUT2D eigenvalue weighted by atomic mass is 16.3. The molecule has 0 aliphatic carbocycles. The van der Waals surface area contributed by atoms with E-state index in [1.54, 1.807) is 0 Å². The first-order valence-electron chi connectivity index (χ1n) is 5.95. The van der Waals surface area contributed by atoms with Crippen molar-refractivity contribution in [3.63, 3.8) is 0 Å². The van der Waals surface area contributed by atoms with Crippen LogP contribution in [0, 0.1) is 0 Å². The molecule has 0 bridgehead atoms. The lowest BCUT2D eigenvalue weighted by molar-refractivity contribution is 0.133. The second-order valence-corrected chi connectivity index (χ2v) is 4.41. The zero-order valence-electron chi connectivity index (χ0n) is 10.2. The molecular weight excluding hydrogens is 216 g/mol. The van der Waals surface area contributed by atoms with Gasteiger partial charge in [0.05, 0.1) is 12.7 Å². The van der Waals surface area contributed by atoms with E-state index in [2.05, 4.69) is 5.32 Å². The van der Waals surface area contributed by atoms with Gasteiger partial charge < -0.3 is 21.3 Å². The van der Waals surface area contributed by atoms with Gasteiger partial charge in [-0.2, -0.15) is 0 Å². The lowest BCUT2D eigenvalue weighted by atomic mass is 10.0. The summed E-state index contributed by atoms with van der Waals surface area (Å²) in [6, 6.07) is 9.55. The Hall–Kier alpha value is -0.940. The SMILES string of the molecule is C[C@H](CO)NC[C@@H](O)[C@@H](N)Cc1ccccc1. The molecule has 0 aliphatic heterocycles. The molecule has 4 nitrogen and oxygen atoms in total. The summed E-state index contributed by atoms with van der Waals surface area (Å²) in [4.78, 5) is 0. The fourth-order valence-electron chi connectivity index (χ4n) is 1.56. The molecule has 0 spiro atoms. The first-order chi connectivity index (χ1) is 8.13. The number of hydrogen-bond donors (Lipinski definition) is 4. The number of hydrogen-bond acceptors (Lipinski definition) is 4. The second-order valence-electron chi connectivity index (χ2n) is 4.41. The molecule has 0 saturated carbocycles. The molecule has 0 radical (unpaired) electrons. The third-order valence-corrected chi connectivity index (χ3v) is 2.76. The maximum atomic E-state index is 9.85. The highest BCUT2D eigenvalue weighted by Crippen LogP contribution is 2.04. The Morgan fingerprint density at radius 1 is 1.29 bits per heavy atom. The van der Waals surface area contributed by atoms with Gasteiger partial charge >= 0.3 is 0 Å². The molecule has 0 aromatic heterocycles. The Kier molecular flexibility index (Phi) is 6.15. The minimum absolute atomic E-state index is 0.0198. The summed E-state index contributed by atoms with van der Waals surface area (Å²) in [5.74, 6) is 0. The van der Waals surface area contributed by atoms with E-state index in [-0.39, 0.29) is 18.7 Å². The van der Waals surface area contributed by atoms with Crippen LogP contribution in [0.4, 0.5) is 0 Å². The van der Waals surface area contributed by atoms with Gasteiger partial charge in [-0.15, -0.1) is 0 Å². The molecule has 1 aromatic carbocycles. The largest absolute Gasteiger partial charge is 0.395 e. The minimum Gasteiger partial charge on any atom is -0.395 e. The maximum absolute atomic E-state index is 9.85. The van der Waals surface area contributed by atoms with E-state index in [0.29, 0.717) is 13.0 Å². The topological polar surface area (TPSA) is 78.5 Å². The summed E-state index contributed by atoms with van der Waals surface area (Å²) in [6.07, 6.45) is 0.0428. The molecule has 96 valence electrons. The zero-order valence-corrected chi connectivity index (χ0v) is 10.2. The lowest BCUT2D eigenvalue weighted by Crippen LogP contribution is -2.45. The molecule has 17 heavy (non-hydrogen) atoms. The smallest absolute Gasteiger partial charge is 0.0818 e. The minimum atomic E-state index is -0.607.